The van der Waals surface area contributed by atoms with Crippen molar-refractivity contribution in [3.05, 3.63) is 47.7 Å². The van der Waals surface area contributed by atoms with E-state index < -0.39 is 0 Å². The van der Waals surface area contributed by atoms with E-state index in [1.165, 1.54) is 6.08 Å². The lowest BCUT2D eigenvalue weighted by Gasteiger charge is -2.06. The Morgan fingerprint density at radius 3 is 2.95 bits per heavy atom. The SMILES string of the molecule is CCOc1ccccc1/C=C/C(=O)Nc1[nH]ncc1C. The minimum absolute atomic E-state index is 0.219. The Balaban J connectivity index is 2.06. The molecule has 1 aromatic heterocycles. The molecule has 0 radical (unpaired) electrons. The van der Waals surface area contributed by atoms with Crippen molar-refractivity contribution >= 4 is 17.8 Å². The Morgan fingerprint density at radius 2 is 2.25 bits per heavy atom. The Labute approximate surface area is 117 Å². The predicted octanol–water partition coefficient (Wildman–Crippen LogP) is 2.77. The molecule has 20 heavy (non-hydrogen) atoms. The monoisotopic (exact) mass is 271 g/mol. The molecule has 2 rings (SSSR count). The number of amides is 1. The van der Waals surface area contributed by atoms with Crippen LogP contribution in [-0.4, -0.2) is 22.7 Å². The molecule has 0 unspecified atom stereocenters. The molecule has 0 atom stereocenters. The summed E-state index contributed by atoms with van der Waals surface area (Å²) in [7, 11) is 0. The van der Waals surface area contributed by atoms with Crippen LogP contribution in [0.15, 0.2) is 36.5 Å². The largest absolute Gasteiger partial charge is 0.493 e. The molecule has 2 aromatic rings. The molecule has 1 heterocycles. The fourth-order valence-corrected chi connectivity index (χ4v) is 1.71. The van der Waals surface area contributed by atoms with Gasteiger partial charge in [-0.05, 0) is 26.0 Å². The third-order valence-corrected chi connectivity index (χ3v) is 2.71. The Hall–Kier alpha value is -2.56. The van der Waals surface area contributed by atoms with Crippen LogP contribution in [0.2, 0.25) is 0 Å². The average Bonchev–Trinajstić information content (AvgIpc) is 2.84. The third kappa shape index (κ3) is 3.47. The summed E-state index contributed by atoms with van der Waals surface area (Å²) in [5.41, 5.74) is 1.76. The first-order chi connectivity index (χ1) is 9.70. The standard InChI is InChI=1S/C15H17N3O2/c1-3-20-13-7-5-4-6-12(13)8-9-14(19)17-15-11(2)10-16-18-15/h4-10H,3H2,1-2H3,(H2,16,17,18,19)/b9-8+. The molecular formula is C15H17N3O2. The van der Waals surface area contributed by atoms with Gasteiger partial charge in [-0.15, -0.1) is 0 Å². The highest BCUT2D eigenvalue weighted by atomic mass is 16.5. The number of ether oxygens (including phenoxy) is 1. The van der Waals surface area contributed by atoms with Crippen LogP contribution in [0, 0.1) is 6.92 Å². The van der Waals surface area contributed by atoms with Crippen molar-refractivity contribution in [2.75, 3.05) is 11.9 Å². The zero-order valence-corrected chi connectivity index (χ0v) is 11.5. The number of nitrogens with zero attached hydrogens (tertiary/aromatic N) is 1. The highest BCUT2D eigenvalue weighted by Crippen LogP contribution is 2.19. The van der Waals surface area contributed by atoms with Crippen LogP contribution in [0.3, 0.4) is 0 Å². The van der Waals surface area contributed by atoms with Gasteiger partial charge in [-0.25, -0.2) is 0 Å². The van der Waals surface area contributed by atoms with Gasteiger partial charge in [0.1, 0.15) is 11.6 Å². The molecular weight excluding hydrogens is 254 g/mol. The number of hydrogen-bond donors (Lipinski definition) is 2. The molecule has 2 N–H and O–H groups in total. The molecule has 0 aliphatic carbocycles. The molecule has 1 amide bonds. The zero-order chi connectivity index (χ0) is 14.4. The maximum atomic E-state index is 11.8. The molecule has 0 saturated heterocycles. The molecule has 0 fully saturated rings. The Morgan fingerprint density at radius 1 is 1.45 bits per heavy atom. The minimum Gasteiger partial charge on any atom is -0.493 e. The van der Waals surface area contributed by atoms with Crippen molar-refractivity contribution < 1.29 is 9.53 Å². The van der Waals surface area contributed by atoms with Crippen molar-refractivity contribution in [3.8, 4) is 5.75 Å². The summed E-state index contributed by atoms with van der Waals surface area (Å²) < 4.78 is 5.50. The van der Waals surface area contributed by atoms with Gasteiger partial charge in [0, 0.05) is 17.2 Å². The van der Waals surface area contributed by atoms with Gasteiger partial charge in [-0.3, -0.25) is 9.89 Å². The Kier molecular flexibility index (Phi) is 4.55. The molecule has 0 aliphatic rings. The van der Waals surface area contributed by atoms with Crippen LogP contribution in [0.1, 0.15) is 18.1 Å². The highest BCUT2D eigenvalue weighted by Gasteiger charge is 2.04. The second-order valence-electron chi connectivity index (χ2n) is 4.22. The number of nitrogens with one attached hydrogen (secondary N) is 2. The van der Waals surface area contributed by atoms with Crippen LogP contribution >= 0.6 is 0 Å². The van der Waals surface area contributed by atoms with E-state index in [9.17, 15) is 4.79 Å². The number of aromatic nitrogens is 2. The molecule has 0 saturated carbocycles. The highest BCUT2D eigenvalue weighted by molar-refractivity contribution is 6.01. The number of aromatic amines is 1. The van der Waals surface area contributed by atoms with E-state index >= 15 is 0 Å². The van der Waals surface area contributed by atoms with E-state index in [1.54, 1.807) is 12.3 Å². The van der Waals surface area contributed by atoms with Gasteiger partial charge in [0.05, 0.1) is 12.8 Å². The second-order valence-corrected chi connectivity index (χ2v) is 4.22. The fourth-order valence-electron chi connectivity index (χ4n) is 1.71. The summed E-state index contributed by atoms with van der Waals surface area (Å²) in [6, 6.07) is 7.58. The van der Waals surface area contributed by atoms with Crippen molar-refractivity contribution in [2.24, 2.45) is 0 Å². The van der Waals surface area contributed by atoms with E-state index in [-0.39, 0.29) is 5.91 Å². The van der Waals surface area contributed by atoms with Gasteiger partial charge in [0.15, 0.2) is 0 Å². The number of H-pyrrole nitrogens is 1. The van der Waals surface area contributed by atoms with Crippen LogP contribution in [0.4, 0.5) is 5.82 Å². The van der Waals surface area contributed by atoms with Gasteiger partial charge >= 0.3 is 0 Å². The van der Waals surface area contributed by atoms with Crippen molar-refractivity contribution in [3.63, 3.8) is 0 Å². The fraction of sp³-hybridized carbons (Fsp3) is 0.200. The number of anilines is 1. The van der Waals surface area contributed by atoms with Crippen molar-refractivity contribution in [1.29, 1.82) is 0 Å². The lowest BCUT2D eigenvalue weighted by Crippen LogP contribution is -2.09. The van der Waals surface area contributed by atoms with Gasteiger partial charge in [-0.1, -0.05) is 18.2 Å². The summed E-state index contributed by atoms with van der Waals surface area (Å²) in [5, 5.41) is 9.30. The normalized spacial score (nSPS) is 10.7. The summed E-state index contributed by atoms with van der Waals surface area (Å²) in [5.74, 6) is 1.15. The van der Waals surface area contributed by atoms with Gasteiger partial charge in [0.25, 0.3) is 0 Å². The van der Waals surface area contributed by atoms with E-state index in [0.29, 0.717) is 12.4 Å². The minimum atomic E-state index is -0.219. The van der Waals surface area contributed by atoms with Crippen LogP contribution in [0.25, 0.3) is 6.08 Å². The first kappa shape index (κ1) is 13.9. The van der Waals surface area contributed by atoms with Crippen molar-refractivity contribution in [2.45, 2.75) is 13.8 Å². The number of hydrogen-bond acceptors (Lipinski definition) is 3. The van der Waals surface area contributed by atoms with E-state index in [1.807, 2.05) is 38.1 Å². The topological polar surface area (TPSA) is 67.0 Å². The first-order valence-corrected chi connectivity index (χ1v) is 6.41. The second kappa shape index (κ2) is 6.56. The van der Waals surface area contributed by atoms with Crippen LogP contribution < -0.4 is 10.1 Å². The molecule has 1 aromatic carbocycles. The number of carbonyl (C=O) groups excluding carboxylic acids is 1. The lowest BCUT2D eigenvalue weighted by atomic mass is 10.2. The number of benzene rings is 1. The maximum absolute atomic E-state index is 11.8. The van der Waals surface area contributed by atoms with Gasteiger partial charge in [-0.2, -0.15) is 5.10 Å². The van der Waals surface area contributed by atoms with E-state index in [0.717, 1.165) is 16.9 Å². The number of para-hydroxylation sites is 1. The van der Waals surface area contributed by atoms with Gasteiger partial charge < -0.3 is 10.1 Å². The maximum Gasteiger partial charge on any atom is 0.249 e. The molecule has 0 bridgehead atoms. The lowest BCUT2D eigenvalue weighted by molar-refractivity contribution is -0.111. The smallest absolute Gasteiger partial charge is 0.249 e. The van der Waals surface area contributed by atoms with Crippen LogP contribution in [-0.2, 0) is 4.79 Å². The average molecular weight is 271 g/mol. The summed E-state index contributed by atoms with van der Waals surface area (Å²) in [6.45, 7) is 4.38. The number of rotatable bonds is 5. The van der Waals surface area contributed by atoms with Crippen LogP contribution in [0.5, 0.6) is 5.75 Å². The quantitative estimate of drug-likeness (QED) is 0.822. The number of aryl methyl sites for hydroxylation is 1. The summed E-state index contributed by atoms with van der Waals surface area (Å²) >= 11 is 0. The predicted molar refractivity (Wildman–Crippen MR) is 78.6 cm³/mol. The molecule has 5 nitrogen and oxygen atoms in total. The summed E-state index contributed by atoms with van der Waals surface area (Å²) in [4.78, 5) is 11.8. The molecule has 5 heteroatoms. The van der Waals surface area contributed by atoms with Gasteiger partial charge in [0.2, 0.25) is 5.91 Å². The third-order valence-electron chi connectivity index (χ3n) is 2.71. The Bertz CT molecular complexity index is 617. The molecule has 0 spiro atoms. The summed E-state index contributed by atoms with van der Waals surface area (Å²) in [6.07, 6.45) is 4.86. The molecule has 104 valence electrons. The number of carbonyl (C=O) groups is 1. The van der Waals surface area contributed by atoms with Crippen molar-refractivity contribution in [1.82, 2.24) is 10.2 Å². The van der Waals surface area contributed by atoms with E-state index in [2.05, 4.69) is 15.5 Å². The zero-order valence-electron chi connectivity index (χ0n) is 11.5. The first-order valence-electron chi connectivity index (χ1n) is 6.41. The molecule has 0 aliphatic heterocycles. The van der Waals surface area contributed by atoms with E-state index in [4.69, 9.17) is 4.74 Å².